The van der Waals surface area contributed by atoms with E-state index in [9.17, 15) is 9.18 Å². The number of ether oxygens (including phenoxy) is 1. The standard InChI is InChI=1S/C15H13FO3/c1-2-19-14-6-4-3-5-13(14)10-7-11(15(17)18)9-12(16)8-10/h3-9H,2H2,1H3,(H,17,18). The first-order chi connectivity index (χ1) is 9.11. The lowest BCUT2D eigenvalue weighted by molar-refractivity contribution is 0.0696. The Labute approximate surface area is 110 Å². The predicted molar refractivity (Wildman–Crippen MR) is 70.0 cm³/mol. The number of carboxylic acids is 1. The van der Waals surface area contributed by atoms with Crippen LogP contribution in [0.3, 0.4) is 0 Å². The molecule has 0 radical (unpaired) electrons. The summed E-state index contributed by atoms with van der Waals surface area (Å²) in [7, 11) is 0. The van der Waals surface area contributed by atoms with Crippen LogP contribution in [0.4, 0.5) is 4.39 Å². The summed E-state index contributed by atoms with van der Waals surface area (Å²) in [5.41, 5.74) is 1.08. The zero-order valence-electron chi connectivity index (χ0n) is 10.4. The van der Waals surface area contributed by atoms with Gasteiger partial charge in [0.25, 0.3) is 0 Å². The SMILES string of the molecule is CCOc1ccccc1-c1cc(F)cc(C(=O)O)c1. The van der Waals surface area contributed by atoms with Crippen LogP contribution in [0.5, 0.6) is 5.75 Å². The second-order valence-electron chi connectivity index (χ2n) is 3.96. The number of aromatic carboxylic acids is 1. The van der Waals surface area contributed by atoms with Crippen molar-refractivity contribution in [1.82, 2.24) is 0 Å². The topological polar surface area (TPSA) is 46.5 Å². The lowest BCUT2D eigenvalue weighted by Gasteiger charge is -2.10. The Morgan fingerprint density at radius 1 is 1.26 bits per heavy atom. The molecule has 0 aliphatic heterocycles. The van der Waals surface area contributed by atoms with E-state index in [0.717, 1.165) is 6.07 Å². The molecule has 98 valence electrons. The first-order valence-corrected chi connectivity index (χ1v) is 5.88. The quantitative estimate of drug-likeness (QED) is 0.913. The number of para-hydroxylation sites is 1. The second kappa shape index (κ2) is 5.52. The fraction of sp³-hybridized carbons (Fsp3) is 0.133. The molecule has 19 heavy (non-hydrogen) atoms. The zero-order chi connectivity index (χ0) is 13.8. The molecule has 3 nitrogen and oxygen atoms in total. The lowest BCUT2D eigenvalue weighted by atomic mass is 10.0. The van der Waals surface area contributed by atoms with Gasteiger partial charge in [0.15, 0.2) is 0 Å². The van der Waals surface area contributed by atoms with E-state index in [1.807, 2.05) is 13.0 Å². The average Bonchev–Trinajstić information content (AvgIpc) is 2.39. The summed E-state index contributed by atoms with van der Waals surface area (Å²) in [4.78, 5) is 10.9. The first kappa shape index (κ1) is 13.1. The van der Waals surface area contributed by atoms with Crippen molar-refractivity contribution in [3.05, 3.63) is 53.8 Å². The molecule has 0 spiro atoms. The second-order valence-corrected chi connectivity index (χ2v) is 3.96. The van der Waals surface area contributed by atoms with Crippen LogP contribution in [0.2, 0.25) is 0 Å². The Morgan fingerprint density at radius 3 is 2.68 bits per heavy atom. The van der Waals surface area contributed by atoms with Crippen molar-refractivity contribution in [2.45, 2.75) is 6.92 Å². The third-order valence-corrected chi connectivity index (χ3v) is 2.64. The molecule has 0 unspecified atom stereocenters. The molecule has 0 saturated heterocycles. The first-order valence-electron chi connectivity index (χ1n) is 5.88. The highest BCUT2D eigenvalue weighted by Gasteiger charge is 2.11. The number of rotatable bonds is 4. The van der Waals surface area contributed by atoms with E-state index in [0.29, 0.717) is 23.5 Å². The van der Waals surface area contributed by atoms with E-state index in [4.69, 9.17) is 9.84 Å². The predicted octanol–water partition coefficient (Wildman–Crippen LogP) is 3.59. The minimum absolute atomic E-state index is 0.0821. The molecule has 0 aliphatic rings. The van der Waals surface area contributed by atoms with Crippen LogP contribution in [-0.4, -0.2) is 17.7 Å². The van der Waals surface area contributed by atoms with Gasteiger partial charge in [-0.05, 0) is 36.8 Å². The molecule has 0 aliphatic carbocycles. The van der Waals surface area contributed by atoms with E-state index in [-0.39, 0.29) is 5.56 Å². The summed E-state index contributed by atoms with van der Waals surface area (Å²) in [6, 6.07) is 10.9. The van der Waals surface area contributed by atoms with E-state index in [1.165, 1.54) is 12.1 Å². The summed E-state index contributed by atoms with van der Waals surface area (Å²) in [5.74, 6) is -1.14. The van der Waals surface area contributed by atoms with Crippen molar-refractivity contribution in [2.75, 3.05) is 6.61 Å². The minimum Gasteiger partial charge on any atom is -0.493 e. The van der Waals surface area contributed by atoms with E-state index in [1.54, 1.807) is 18.2 Å². The Kier molecular flexibility index (Phi) is 3.80. The summed E-state index contributed by atoms with van der Waals surface area (Å²) in [6.07, 6.45) is 0. The van der Waals surface area contributed by atoms with Crippen LogP contribution in [-0.2, 0) is 0 Å². The van der Waals surface area contributed by atoms with Gasteiger partial charge in [0.1, 0.15) is 11.6 Å². The maximum atomic E-state index is 13.5. The van der Waals surface area contributed by atoms with Crippen LogP contribution in [0.25, 0.3) is 11.1 Å². The van der Waals surface area contributed by atoms with Crippen LogP contribution in [0, 0.1) is 5.82 Å². The molecule has 2 rings (SSSR count). The number of hydrogen-bond donors (Lipinski definition) is 1. The highest BCUT2D eigenvalue weighted by Crippen LogP contribution is 2.31. The number of halogens is 1. The van der Waals surface area contributed by atoms with Gasteiger partial charge in [-0.2, -0.15) is 0 Å². The molecule has 2 aromatic carbocycles. The number of carbonyl (C=O) groups is 1. The largest absolute Gasteiger partial charge is 0.493 e. The van der Waals surface area contributed by atoms with Crippen molar-refractivity contribution in [2.24, 2.45) is 0 Å². The highest BCUT2D eigenvalue weighted by atomic mass is 19.1. The third kappa shape index (κ3) is 2.91. The van der Waals surface area contributed by atoms with Crippen LogP contribution in [0.1, 0.15) is 17.3 Å². The summed E-state index contributed by atoms with van der Waals surface area (Å²) in [6.45, 7) is 2.34. The number of benzene rings is 2. The lowest BCUT2D eigenvalue weighted by Crippen LogP contribution is -1.99. The normalized spacial score (nSPS) is 10.2. The van der Waals surface area contributed by atoms with Gasteiger partial charge in [-0.1, -0.05) is 18.2 Å². The van der Waals surface area contributed by atoms with Gasteiger partial charge in [-0.3, -0.25) is 0 Å². The Hall–Kier alpha value is -2.36. The van der Waals surface area contributed by atoms with Gasteiger partial charge in [-0.25, -0.2) is 9.18 Å². The smallest absolute Gasteiger partial charge is 0.335 e. The van der Waals surface area contributed by atoms with Gasteiger partial charge in [-0.15, -0.1) is 0 Å². The van der Waals surface area contributed by atoms with Crippen molar-refractivity contribution >= 4 is 5.97 Å². The van der Waals surface area contributed by atoms with Crippen LogP contribution in [0.15, 0.2) is 42.5 Å². The van der Waals surface area contributed by atoms with Crippen molar-refractivity contribution in [3.63, 3.8) is 0 Å². The van der Waals surface area contributed by atoms with Crippen LogP contribution >= 0.6 is 0 Å². The summed E-state index contributed by atoms with van der Waals surface area (Å²) in [5, 5.41) is 8.96. The molecule has 0 amide bonds. The number of carboxylic acid groups (broad SMARTS) is 1. The zero-order valence-corrected chi connectivity index (χ0v) is 10.4. The maximum absolute atomic E-state index is 13.5. The van der Waals surface area contributed by atoms with Crippen LogP contribution < -0.4 is 4.74 Å². The third-order valence-electron chi connectivity index (χ3n) is 2.64. The molecule has 0 bridgehead atoms. The molecule has 2 aromatic rings. The monoisotopic (exact) mass is 260 g/mol. The summed E-state index contributed by atoms with van der Waals surface area (Å²) < 4.78 is 18.9. The van der Waals surface area contributed by atoms with Crippen molar-refractivity contribution in [3.8, 4) is 16.9 Å². The van der Waals surface area contributed by atoms with Crippen molar-refractivity contribution < 1.29 is 19.0 Å². The summed E-state index contributed by atoms with van der Waals surface area (Å²) >= 11 is 0. The maximum Gasteiger partial charge on any atom is 0.335 e. The fourth-order valence-electron chi connectivity index (χ4n) is 1.86. The molecule has 0 atom stereocenters. The molecule has 0 heterocycles. The molecule has 0 aromatic heterocycles. The van der Waals surface area contributed by atoms with Gasteiger partial charge in [0.05, 0.1) is 12.2 Å². The Bertz CT molecular complexity index is 608. The van der Waals surface area contributed by atoms with E-state index >= 15 is 0 Å². The fourth-order valence-corrected chi connectivity index (χ4v) is 1.86. The molecule has 1 N–H and O–H groups in total. The van der Waals surface area contributed by atoms with Gasteiger partial charge < -0.3 is 9.84 Å². The highest BCUT2D eigenvalue weighted by molar-refractivity contribution is 5.89. The van der Waals surface area contributed by atoms with Crippen molar-refractivity contribution in [1.29, 1.82) is 0 Å². The van der Waals surface area contributed by atoms with E-state index in [2.05, 4.69) is 0 Å². The van der Waals surface area contributed by atoms with Gasteiger partial charge in [0.2, 0.25) is 0 Å². The molecule has 0 fully saturated rings. The Morgan fingerprint density at radius 2 is 2.00 bits per heavy atom. The van der Waals surface area contributed by atoms with E-state index < -0.39 is 11.8 Å². The molecular weight excluding hydrogens is 247 g/mol. The Balaban J connectivity index is 2.55. The van der Waals surface area contributed by atoms with Gasteiger partial charge >= 0.3 is 5.97 Å². The number of hydrogen-bond acceptors (Lipinski definition) is 2. The minimum atomic E-state index is -1.16. The van der Waals surface area contributed by atoms with Gasteiger partial charge in [0, 0.05) is 5.56 Å². The molecule has 0 saturated carbocycles. The molecular formula is C15H13FO3. The average molecular weight is 260 g/mol. The molecule has 4 heteroatoms.